The summed E-state index contributed by atoms with van der Waals surface area (Å²) in [4.78, 5) is 12.9. The van der Waals surface area contributed by atoms with Gasteiger partial charge in [0.05, 0.1) is 9.40 Å². The van der Waals surface area contributed by atoms with E-state index in [-0.39, 0.29) is 10.6 Å². The number of halogens is 1. The summed E-state index contributed by atoms with van der Waals surface area (Å²) < 4.78 is 0.527. The standard InChI is InChI=1S/C14H20BrN3O2/c1-10-7-12(5-6-17(10)2)16-9-11-3-4-13(15)14(8-11)18(19)20/h3-4,8,10,12,16H,5-7,9H2,1-2H3. The van der Waals surface area contributed by atoms with Crippen LogP contribution in [0, 0.1) is 10.1 Å². The van der Waals surface area contributed by atoms with Gasteiger partial charge in [-0.05, 0) is 60.9 Å². The van der Waals surface area contributed by atoms with Crippen molar-refractivity contribution in [3.63, 3.8) is 0 Å². The predicted octanol–water partition coefficient (Wildman–Crippen LogP) is 2.93. The molecule has 1 aromatic rings. The van der Waals surface area contributed by atoms with Crippen LogP contribution >= 0.6 is 15.9 Å². The summed E-state index contributed by atoms with van der Waals surface area (Å²) in [6.07, 6.45) is 2.24. The summed E-state index contributed by atoms with van der Waals surface area (Å²) in [7, 11) is 2.15. The van der Waals surface area contributed by atoms with Crippen LogP contribution in [-0.2, 0) is 6.54 Å². The Balaban J connectivity index is 1.94. The SMILES string of the molecule is CC1CC(NCc2ccc(Br)c([N+](=O)[O-])c2)CCN1C. The highest BCUT2D eigenvalue weighted by Crippen LogP contribution is 2.25. The zero-order valence-electron chi connectivity index (χ0n) is 11.8. The lowest BCUT2D eigenvalue weighted by Gasteiger charge is -2.35. The van der Waals surface area contributed by atoms with E-state index in [0.717, 1.165) is 24.9 Å². The molecule has 0 radical (unpaired) electrons. The van der Waals surface area contributed by atoms with Gasteiger partial charge in [-0.3, -0.25) is 10.1 Å². The Labute approximate surface area is 127 Å². The van der Waals surface area contributed by atoms with E-state index in [1.165, 1.54) is 0 Å². The molecule has 0 amide bonds. The van der Waals surface area contributed by atoms with Gasteiger partial charge < -0.3 is 10.2 Å². The number of rotatable bonds is 4. The van der Waals surface area contributed by atoms with E-state index in [0.29, 0.717) is 23.1 Å². The van der Waals surface area contributed by atoms with Crippen LogP contribution in [0.5, 0.6) is 0 Å². The van der Waals surface area contributed by atoms with E-state index in [9.17, 15) is 10.1 Å². The minimum Gasteiger partial charge on any atom is -0.310 e. The molecule has 1 fully saturated rings. The van der Waals surface area contributed by atoms with Crippen LogP contribution in [0.3, 0.4) is 0 Å². The van der Waals surface area contributed by atoms with Crippen molar-refractivity contribution in [3.8, 4) is 0 Å². The molecule has 2 unspecified atom stereocenters. The predicted molar refractivity (Wildman–Crippen MR) is 82.8 cm³/mol. The van der Waals surface area contributed by atoms with Gasteiger partial charge in [0, 0.05) is 24.7 Å². The highest BCUT2D eigenvalue weighted by Gasteiger charge is 2.22. The smallest absolute Gasteiger partial charge is 0.283 e. The molecule has 0 aromatic heterocycles. The van der Waals surface area contributed by atoms with Gasteiger partial charge in [-0.25, -0.2) is 0 Å². The average Bonchev–Trinajstić information content (AvgIpc) is 2.41. The second-order valence-electron chi connectivity index (χ2n) is 5.47. The summed E-state index contributed by atoms with van der Waals surface area (Å²) in [5, 5.41) is 14.4. The number of nitrogens with zero attached hydrogens (tertiary/aromatic N) is 2. The van der Waals surface area contributed by atoms with Crippen LogP contribution in [0.15, 0.2) is 22.7 Å². The maximum Gasteiger partial charge on any atom is 0.283 e. The van der Waals surface area contributed by atoms with Crippen molar-refractivity contribution in [3.05, 3.63) is 38.3 Å². The van der Waals surface area contributed by atoms with Crippen LogP contribution in [0.1, 0.15) is 25.3 Å². The molecule has 110 valence electrons. The van der Waals surface area contributed by atoms with E-state index in [4.69, 9.17) is 0 Å². The fraction of sp³-hybridized carbons (Fsp3) is 0.571. The molecule has 1 heterocycles. The normalized spacial score (nSPS) is 23.8. The molecule has 0 spiro atoms. The van der Waals surface area contributed by atoms with Gasteiger partial charge in [0.25, 0.3) is 5.69 Å². The highest BCUT2D eigenvalue weighted by molar-refractivity contribution is 9.10. The van der Waals surface area contributed by atoms with Crippen molar-refractivity contribution >= 4 is 21.6 Å². The summed E-state index contributed by atoms with van der Waals surface area (Å²) in [6, 6.07) is 6.37. The second-order valence-corrected chi connectivity index (χ2v) is 6.33. The van der Waals surface area contributed by atoms with Gasteiger partial charge in [0.2, 0.25) is 0 Å². The average molecular weight is 342 g/mol. The Morgan fingerprint density at radius 2 is 2.30 bits per heavy atom. The Morgan fingerprint density at radius 3 is 2.95 bits per heavy atom. The van der Waals surface area contributed by atoms with E-state index in [1.807, 2.05) is 6.07 Å². The van der Waals surface area contributed by atoms with Gasteiger partial charge in [-0.1, -0.05) is 6.07 Å². The van der Waals surface area contributed by atoms with Gasteiger partial charge in [0.15, 0.2) is 0 Å². The van der Waals surface area contributed by atoms with Crippen molar-refractivity contribution in [1.29, 1.82) is 0 Å². The Hall–Kier alpha value is -0.980. The number of nitro groups is 1. The minimum atomic E-state index is -0.356. The van der Waals surface area contributed by atoms with E-state index in [2.05, 4.69) is 40.1 Å². The summed E-state index contributed by atoms with van der Waals surface area (Å²) >= 11 is 3.21. The Morgan fingerprint density at radius 1 is 1.55 bits per heavy atom. The quantitative estimate of drug-likeness (QED) is 0.675. The van der Waals surface area contributed by atoms with Gasteiger partial charge >= 0.3 is 0 Å². The minimum absolute atomic E-state index is 0.126. The summed E-state index contributed by atoms with van der Waals surface area (Å²) in [5.74, 6) is 0. The Kier molecular flexibility index (Phi) is 5.12. The molecule has 0 bridgehead atoms. The third-order valence-corrected chi connectivity index (χ3v) is 4.68. The number of benzene rings is 1. The van der Waals surface area contributed by atoms with Crippen molar-refractivity contribution in [2.24, 2.45) is 0 Å². The first kappa shape index (κ1) is 15.4. The number of hydrogen-bond acceptors (Lipinski definition) is 4. The lowest BCUT2D eigenvalue weighted by Crippen LogP contribution is -2.45. The number of hydrogen-bond donors (Lipinski definition) is 1. The lowest BCUT2D eigenvalue weighted by molar-refractivity contribution is -0.385. The van der Waals surface area contributed by atoms with Crippen molar-refractivity contribution in [2.75, 3.05) is 13.6 Å². The first-order chi connectivity index (χ1) is 9.47. The number of nitro benzene ring substituents is 1. The molecule has 2 rings (SSSR count). The molecule has 6 heteroatoms. The van der Waals surface area contributed by atoms with Gasteiger partial charge in [0.1, 0.15) is 0 Å². The fourth-order valence-corrected chi connectivity index (χ4v) is 2.94. The third-order valence-electron chi connectivity index (χ3n) is 4.01. The maximum absolute atomic E-state index is 10.9. The monoisotopic (exact) mass is 341 g/mol. The molecular weight excluding hydrogens is 322 g/mol. The van der Waals surface area contributed by atoms with E-state index in [1.54, 1.807) is 12.1 Å². The second kappa shape index (κ2) is 6.65. The molecule has 1 aromatic carbocycles. The van der Waals surface area contributed by atoms with Crippen LogP contribution < -0.4 is 5.32 Å². The van der Waals surface area contributed by atoms with Crippen molar-refractivity contribution < 1.29 is 4.92 Å². The zero-order chi connectivity index (χ0) is 14.7. The molecule has 1 N–H and O–H groups in total. The molecule has 0 aliphatic carbocycles. The molecular formula is C14H20BrN3O2. The molecule has 0 saturated carbocycles. The lowest BCUT2D eigenvalue weighted by atomic mass is 9.98. The van der Waals surface area contributed by atoms with E-state index >= 15 is 0 Å². The largest absolute Gasteiger partial charge is 0.310 e. The number of nitrogens with one attached hydrogen (secondary N) is 1. The van der Waals surface area contributed by atoms with Crippen LogP contribution in [0.2, 0.25) is 0 Å². The number of likely N-dealkylation sites (tertiary alicyclic amines) is 1. The van der Waals surface area contributed by atoms with Crippen molar-refractivity contribution in [2.45, 2.75) is 38.4 Å². The van der Waals surface area contributed by atoms with Crippen LogP contribution in [0.4, 0.5) is 5.69 Å². The molecule has 2 atom stereocenters. The summed E-state index contributed by atoms with van der Waals surface area (Å²) in [6.45, 7) is 4.01. The van der Waals surface area contributed by atoms with Crippen LogP contribution in [-0.4, -0.2) is 35.5 Å². The highest BCUT2D eigenvalue weighted by atomic mass is 79.9. The Bertz CT molecular complexity index is 495. The van der Waals surface area contributed by atoms with Crippen LogP contribution in [0.25, 0.3) is 0 Å². The van der Waals surface area contributed by atoms with Gasteiger partial charge in [-0.15, -0.1) is 0 Å². The third kappa shape index (κ3) is 3.77. The molecule has 1 saturated heterocycles. The van der Waals surface area contributed by atoms with Crippen molar-refractivity contribution in [1.82, 2.24) is 10.2 Å². The first-order valence-electron chi connectivity index (χ1n) is 6.84. The fourth-order valence-electron chi connectivity index (χ4n) is 2.55. The summed E-state index contributed by atoms with van der Waals surface area (Å²) in [5.41, 5.74) is 1.08. The van der Waals surface area contributed by atoms with E-state index < -0.39 is 0 Å². The molecule has 1 aliphatic heterocycles. The molecule has 5 nitrogen and oxygen atoms in total. The number of piperidine rings is 1. The first-order valence-corrected chi connectivity index (χ1v) is 7.63. The molecule has 20 heavy (non-hydrogen) atoms. The molecule has 1 aliphatic rings. The zero-order valence-corrected chi connectivity index (χ0v) is 13.4. The van der Waals surface area contributed by atoms with Gasteiger partial charge in [-0.2, -0.15) is 0 Å². The maximum atomic E-state index is 10.9. The topological polar surface area (TPSA) is 58.4 Å².